The molecule has 3 N–H and O–H groups in total. The number of hydrogen-bond donors (Lipinski definition) is 3. The molecule has 0 rings (SSSR count). The molecule has 0 bridgehead atoms. The second kappa shape index (κ2) is 52.7. The van der Waals surface area contributed by atoms with Gasteiger partial charge >= 0.3 is 13.8 Å². The first-order chi connectivity index (χ1) is 33.3. The van der Waals surface area contributed by atoms with Crippen molar-refractivity contribution in [3.05, 3.63) is 146 Å². The first-order valence-electron chi connectivity index (χ1n) is 25.8. The zero-order valence-corrected chi connectivity index (χ0v) is 43.1. The molecule has 0 radical (unpaired) electrons. The van der Waals surface area contributed by atoms with Gasteiger partial charge in [-0.1, -0.05) is 192 Å². The van der Waals surface area contributed by atoms with E-state index >= 15 is 0 Å². The molecule has 0 heterocycles. The lowest BCUT2D eigenvalue weighted by atomic mass is 10.1. The van der Waals surface area contributed by atoms with Gasteiger partial charge in [0.25, 0.3) is 0 Å². The first kappa shape index (κ1) is 64.3. The Bertz CT molecular complexity index is 1560. The maximum Gasteiger partial charge on any atom is 0.472 e. The largest absolute Gasteiger partial charge is 0.472 e. The van der Waals surface area contributed by atoms with Crippen LogP contribution in [0.25, 0.3) is 0 Å². The van der Waals surface area contributed by atoms with E-state index in [2.05, 4.69) is 160 Å². The van der Waals surface area contributed by atoms with Gasteiger partial charge in [-0.05, 0) is 116 Å². The van der Waals surface area contributed by atoms with Crippen LogP contribution < -0.4 is 0 Å². The summed E-state index contributed by atoms with van der Waals surface area (Å²) in [6, 6.07) is 0. The van der Waals surface area contributed by atoms with Gasteiger partial charge in [0.1, 0.15) is 12.2 Å². The molecule has 9 nitrogen and oxygen atoms in total. The van der Waals surface area contributed by atoms with Crippen LogP contribution >= 0.6 is 7.82 Å². The van der Waals surface area contributed by atoms with Gasteiger partial charge in [0.2, 0.25) is 0 Å². The summed E-state index contributed by atoms with van der Waals surface area (Å²) in [7, 11) is -4.55. The molecule has 3 atom stereocenters. The molecule has 68 heavy (non-hydrogen) atoms. The third-order valence-electron chi connectivity index (χ3n) is 10.0. The van der Waals surface area contributed by atoms with Crippen molar-refractivity contribution < 1.29 is 43.0 Å². The van der Waals surface area contributed by atoms with Crippen LogP contribution in [-0.4, -0.2) is 66.3 Å². The summed E-state index contributed by atoms with van der Waals surface area (Å²) < 4.78 is 33.5. The summed E-state index contributed by atoms with van der Waals surface area (Å²) in [6.45, 7) is 3.13. The van der Waals surface area contributed by atoms with Gasteiger partial charge < -0.3 is 24.6 Å². The molecular weight excluding hydrogens is 872 g/mol. The standard InChI is InChI=1S/C58H93O9P/c1-3-5-7-9-11-13-15-17-19-21-23-25-27-29-31-33-35-37-39-41-43-45-47-49-51-64-54-57(55-66-68(62,63)65-53-56(60)52-59)67-58(61)50-48-46-44-42-40-38-36-34-32-30-28-26-24-22-20-18-16-14-12-10-8-6-4-2/h5-8,11-14,17-20,23-26,29-32,35,37,41,43,56-57,59-60H,3-4,9-10,15-16,21-22,27-28,33-34,36,38-40,42,44-55H2,1-2H3,(H,62,63)/b7-5-,8-6-,13-11-,14-12-,19-17-,20-18-,25-23-,26-24-,31-29-,32-30-,37-35-,43-41-. The molecule has 0 spiro atoms. The Morgan fingerprint density at radius 3 is 1.19 bits per heavy atom. The van der Waals surface area contributed by atoms with Crippen molar-refractivity contribution in [1.29, 1.82) is 0 Å². The number of aliphatic hydroxyl groups excluding tert-OH is 2. The number of rotatable bonds is 47. The Kier molecular flexibility index (Phi) is 49.9. The van der Waals surface area contributed by atoms with E-state index in [9.17, 15) is 19.4 Å². The number of allylic oxidation sites excluding steroid dienone is 24. The predicted molar refractivity (Wildman–Crippen MR) is 287 cm³/mol. The van der Waals surface area contributed by atoms with Gasteiger partial charge in [0, 0.05) is 13.0 Å². The molecule has 0 saturated heterocycles. The number of phosphoric acid groups is 1. The normalized spacial score (nSPS) is 15.0. The lowest BCUT2D eigenvalue weighted by Gasteiger charge is -2.20. The van der Waals surface area contributed by atoms with Gasteiger partial charge in [-0.15, -0.1) is 0 Å². The average Bonchev–Trinajstić information content (AvgIpc) is 3.33. The predicted octanol–water partition coefficient (Wildman–Crippen LogP) is 15.5. The fraction of sp³-hybridized carbons (Fsp3) is 0.569. The first-order valence-corrected chi connectivity index (χ1v) is 27.3. The molecule has 0 amide bonds. The minimum Gasteiger partial charge on any atom is -0.457 e. The molecule has 10 heteroatoms. The van der Waals surface area contributed by atoms with Gasteiger partial charge in [-0.3, -0.25) is 13.8 Å². The summed E-state index contributed by atoms with van der Waals surface area (Å²) >= 11 is 0. The van der Waals surface area contributed by atoms with Crippen LogP contribution in [-0.2, 0) is 27.9 Å². The third kappa shape index (κ3) is 51.7. The van der Waals surface area contributed by atoms with Crippen molar-refractivity contribution in [3.63, 3.8) is 0 Å². The second-order valence-corrected chi connectivity index (χ2v) is 17.9. The van der Waals surface area contributed by atoms with E-state index < -0.39 is 45.8 Å². The number of aliphatic hydroxyl groups is 2. The highest BCUT2D eigenvalue weighted by Crippen LogP contribution is 2.43. The van der Waals surface area contributed by atoms with Crippen molar-refractivity contribution >= 4 is 13.8 Å². The van der Waals surface area contributed by atoms with Crippen LogP contribution in [0.1, 0.15) is 168 Å². The Morgan fingerprint density at radius 1 is 0.456 bits per heavy atom. The Balaban J connectivity index is 4.25. The number of ether oxygens (including phenoxy) is 2. The van der Waals surface area contributed by atoms with Crippen molar-refractivity contribution in [1.82, 2.24) is 0 Å². The zero-order chi connectivity index (χ0) is 49.5. The quantitative estimate of drug-likeness (QED) is 0.0236. The van der Waals surface area contributed by atoms with Crippen LogP contribution in [0.5, 0.6) is 0 Å². The van der Waals surface area contributed by atoms with E-state index in [4.69, 9.17) is 23.6 Å². The van der Waals surface area contributed by atoms with Gasteiger partial charge in [-0.25, -0.2) is 4.57 Å². The molecular formula is C58H93O9P. The number of esters is 1. The topological polar surface area (TPSA) is 132 Å². The van der Waals surface area contributed by atoms with E-state index in [1.54, 1.807) is 0 Å². The lowest BCUT2D eigenvalue weighted by molar-refractivity contribution is -0.154. The van der Waals surface area contributed by atoms with E-state index in [1.165, 1.54) is 19.3 Å². The molecule has 0 aliphatic rings. The van der Waals surface area contributed by atoms with E-state index in [0.717, 1.165) is 122 Å². The highest BCUT2D eigenvalue weighted by atomic mass is 31.2. The van der Waals surface area contributed by atoms with Crippen LogP contribution in [0.3, 0.4) is 0 Å². The van der Waals surface area contributed by atoms with E-state index in [0.29, 0.717) is 13.0 Å². The minimum absolute atomic E-state index is 0.00312. The molecule has 384 valence electrons. The Labute approximate surface area is 414 Å². The molecule has 0 aliphatic heterocycles. The molecule has 0 aromatic rings. The number of phosphoric ester groups is 1. The monoisotopic (exact) mass is 965 g/mol. The molecule has 0 fully saturated rings. The molecule has 0 saturated carbocycles. The third-order valence-corrected chi connectivity index (χ3v) is 11.0. The Morgan fingerprint density at radius 2 is 0.794 bits per heavy atom. The summed E-state index contributed by atoms with van der Waals surface area (Å²) in [4.78, 5) is 22.7. The SMILES string of the molecule is CC/C=C\C/C=C\C/C=C\C/C=C\C/C=C\C/C=C\C/C=C\CCCCOCC(COP(=O)(O)OCC(O)CO)OC(=O)CCCCCCCCC/C=C\C/C=C\C/C=C\C/C=C\C/C=C\CC. The molecule has 0 aromatic carbocycles. The average molecular weight is 965 g/mol. The van der Waals surface area contributed by atoms with Crippen LogP contribution in [0.4, 0.5) is 0 Å². The number of carbonyl (C=O) groups excluding carboxylic acids is 1. The molecule has 0 aromatic heterocycles. The second-order valence-electron chi connectivity index (χ2n) is 16.4. The van der Waals surface area contributed by atoms with Crippen molar-refractivity contribution in [3.8, 4) is 0 Å². The fourth-order valence-electron chi connectivity index (χ4n) is 6.18. The van der Waals surface area contributed by atoms with Gasteiger partial charge in [0.15, 0.2) is 0 Å². The molecule has 3 unspecified atom stereocenters. The van der Waals surface area contributed by atoms with Crippen molar-refractivity contribution in [2.75, 3.05) is 33.0 Å². The minimum atomic E-state index is -4.55. The zero-order valence-electron chi connectivity index (χ0n) is 42.3. The number of carbonyl (C=O) groups is 1. The summed E-state index contributed by atoms with van der Waals surface area (Å²) in [5, 5.41) is 18.4. The van der Waals surface area contributed by atoms with Crippen LogP contribution in [0, 0.1) is 0 Å². The summed E-state index contributed by atoms with van der Waals surface area (Å²) in [5.41, 5.74) is 0. The van der Waals surface area contributed by atoms with Crippen LogP contribution in [0.2, 0.25) is 0 Å². The van der Waals surface area contributed by atoms with Gasteiger partial charge in [0.05, 0.1) is 26.4 Å². The number of hydrogen-bond acceptors (Lipinski definition) is 8. The van der Waals surface area contributed by atoms with E-state index in [1.807, 2.05) is 0 Å². The van der Waals surface area contributed by atoms with Crippen LogP contribution in [0.15, 0.2) is 146 Å². The van der Waals surface area contributed by atoms with Gasteiger partial charge in [-0.2, -0.15) is 0 Å². The Hall–Kier alpha value is -3.66. The lowest BCUT2D eigenvalue weighted by Crippen LogP contribution is -2.29. The maximum atomic E-state index is 12.7. The smallest absolute Gasteiger partial charge is 0.457 e. The van der Waals surface area contributed by atoms with Crippen molar-refractivity contribution in [2.24, 2.45) is 0 Å². The van der Waals surface area contributed by atoms with Crippen molar-refractivity contribution in [2.45, 2.75) is 180 Å². The summed E-state index contributed by atoms with van der Waals surface area (Å²) in [6.07, 6.45) is 73.9. The summed E-state index contributed by atoms with van der Waals surface area (Å²) in [5.74, 6) is -0.416. The number of unbranched alkanes of at least 4 members (excludes halogenated alkanes) is 9. The maximum absolute atomic E-state index is 12.7. The fourth-order valence-corrected chi connectivity index (χ4v) is 6.97. The highest BCUT2D eigenvalue weighted by Gasteiger charge is 2.26. The van der Waals surface area contributed by atoms with E-state index in [-0.39, 0.29) is 13.0 Å². The highest BCUT2D eigenvalue weighted by molar-refractivity contribution is 7.47. The molecule has 0 aliphatic carbocycles.